The van der Waals surface area contributed by atoms with Gasteiger partial charge in [0.15, 0.2) is 0 Å². The number of carbonyl (C=O) groups excluding carboxylic acids is 1. The highest BCUT2D eigenvalue weighted by molar-refractivity contribution is 6.00. The summed E-state index contributed by atoms with van der Waals surface area (Å²) in [6.07, 6.45) is -4.42. The second kappa shape index (κ2) is 7.55. The molecule has 2 aliphatic heterocycles. The summed E-state index contributed by atoms with van der Waals surface area (Å²) in [5, 5.41) is 11.9. The highest BCUT2D eigenvalue weighted by Gasteiger charge is 2.44. The Kier molecular flexibility index (Phi) is 5.05. The van der Waals surface area contributed by atoms with Crippen molar-refractivity contribution in [2.75, 3.05) is 36.4 Å². The van der Waals surface area contributed by atoms with Crippen LogP contribution in [0.2, 0.25) is 0 Å². The van der Waals surface area contributed by atoms with E-state index in [4.69, 9.17) is 0 Å². The van der Waals surface area contributed by atoms with Crippen molar-refractivity contribution in [3.63, 3.8) is 0 Å². The van der Waals surface area contributed by atoms with E-state index in [0.717, 1.165) is 6.07 Å². The Balaban J connectivity index is 1.42. The van der Waals surface area contributed by atoms with Gasteiger partial charge >= 0.3 is 18.2 Å². The highest BCUT2D eigenvalue weighted by Crippen LogP contribution is 2.40. The minimum atomic E-state index is -4.42. The molecule has 2 aromatic rings. The van der Waals surface area contributed by atoms with Gasteiger partial charge in [-0.25, -0.2) is 9.59 Å². The number of carboxylic acids is 1. The number of hydrogen-bond donors (Lipinski definition) is 2. The summed E-state index contributed by atoms with van der Waals surface area (Å²) in [7, 11) is 0. The monoisotopic (exact) mass is 419 g/mol. The quantitative estimate of drug-likeness (QED) is 0.789. The third-order valence-corrected chi connectivity index (χ3v) is 5.72. The van der Waals surface area contributed by atoms with Crippen LogP contribution in [0, 0.1) is 11.8 Å². The molecule has 6 nitrogen and oxygen atoms in total. The van der Waals surface area contributed by atoms with Gasteiger partial charge in [0.2, 0.25) is 0 Å². The molecule has 9 heteroatoms. The van der Waals surface area contributed by atoms with Crippen molar-refractivity contribution in [2.24, 2.45) is 11.8 Å². The molecule has 2 atom stereocenters. The van der Waals surface area contributed by atoms with Crippen LogP contribution in [-0.4, -0.2) is 48.2 Å². The first-order chi connectivity index (χ1) is 14.2. The van der Waals surface area contributed by atoms with E-state index in [9.17, 15) is 27.9 Å². The third-order valence-electron chi connectivity index (χ3n) is 5.72. The molecule has 2 aliphatic rings. The summed E-state index contributed by atoms with van der Waals surface area (Å²) < 4.78 is 40.0. The van der Waals surface area contributed by atoms with Crippen LogP contribution in [0.25, 0.3) is 0 Å². The number of benzene rings is 2. The molecule has 0 saturated carbocycles. The van der Waals surface area contributed by atoms with Gasteiger partial charge in [-0.2, -0.15) is 13.2 Å². The van der Waals surface area contributed by atoms with Crippen LogP contribution in [0.1, 0.15) is 15.9 Å². The Bertz CT molecular complexity index is 965. The smallest absolute Gasteiger partial charge is 0.418 e. The zero-order valence-electron chi connectivity index (χ0n) is 15.9. The number of aromatic carboxylic acids is 1. The van der Waals surface area contributed by atoms with E-state index in [-0.39, 0.29) is 28.8 Å². The van der Waals surface area contributed by atoms with Crippen LogP contribution in [-0.2, 0) is 6.18 Å². The maximum atomic E-state index is 13.3. The van der Waals surface area contributed by atoms with Crippen molar-refractivity contribution in [1.82, 2.24) is 4.90 Å². The van der Waals surface area contributed by atoms with E-state index in [2.05, 4.69) is 5.32 Å². The second-order valence-corrected chi connectivity index (χ2v) is 7.63. The topological polar surface area (TPSA) is 72.9 Å². The normalized spacial score (nSPS) is 20.9. The van der Waals surface area contributed by atoms with Gasteiger partial charge in [0.05, 0.1) is 16.8 Å². The molecule has 2 aromatic carbocycles. The first-order valence-electron chi connectivity index (χ1n) is 9.53. The summed E-state index contributed by atoms with van der Waals surface area (Å²) in [5.74, 6) is -1.01. The molecule has 2 fully saturated rings. The summed E-state index contributed by atoms with van der Waals surface area (Å²) in [5.41, 5.74) is -0.261. The summed E-state index contributed by atoms with van der Waals surface area (Å²) in [4.78, 5) is 27.3. The van der Waals surface area contributed by atoms with Crippen molar-refractivity contribution in [2.45, 2.75) is 6.18 Å². The second-order valence-electron chi connectivity index (χ2n) is 7.63. The van der Waals surface area contributed by atoms with Crippen LogP contribution in [0.5, 0.6) is 0 Å². The van der Waals surface area contributed by atoms with E-state index in [1.54, 1.807) is 28.0 Å². The Morgan fingerprint density at radius 1 is 0.933 bits per heavy atom. The Hall–Kier alpha value is -3.23. The lowest BCUT2D eigenvalue weighted by Gasteiger charge is -2.26. The molecule has 0 radical (unpaired) electrons. The van der Waals surface area contributed by atoms with Gasteiger partial charge in [-0.3, -0.25) is 0 Å². The number of halogens is 3. The number of likely N-dealkylation sites (tertiary alicyclic amines) is 1. The lowest BCUT2D eigenvalue weighted by atomic mass is 10.0. The minimum Gasteiger partial charge on any atom is -0.478 e. The zero-order chi connectivity index (χ0) is 21.5. The van der Waals surface area contributed by atoms with Gasteiger partial charge in [-0.1, -0.05) is 24.3 Å². The first-order valence-corrected chi connectivity index (χ1v) is 9.53. The van der Waals surface area contributed by atoms with Gasteiger partial charge in [0, 0.05) is 43.7 Å². The summed E-state index contributed by atoms with van der Waals surface area (Å²) in [6.45, 7) is 1.70. The fraction of sp³-hybridized carbons (Fsp3) is 0.333. The number of para-hydroxylation sites is 2. The van der Waals surface area contributed by atoms with Crippen LogP contribution in [0.3, 0.4) is 0 Å². The number of carbonyl (C=O) groups is 2. The number of hydrogen-bond acceptors (Lipinski definition) is 3. The Morgan fingerprint density at radius 2 is 1.53 bits per heavy atom. The SMILES string of the molecule is O=C(O)c1ccccc1NC(=O)N1C[C@@H]2CN(c3ccccc3C(F)(F)F)C[C@@H]2C1. The van der Waals surface area contributed by atoms with Crippen LogP contribution >= 0.6 is 0 Å². The van der Waals surface area contributed by atoms with E-state index < -0.39 is 23.7 Å². The van der Waals surface area contributed by atoms with Crippen molar-refractivity contribution >= 4 is 23.4 Å². The molecule has 0 bridgehead atoms. The number of amides is 2. The molecule has 0 aromatic heterocycles. The van der Waals surface area contributed by atoms with Crippen LogP contribution in [0.15, 0.2) is 48.5 Å². The summed E-state index contributed by atoms with van der Waals surface area (Å²) in [6, 6.07) is 11.3. The van der Waals surface area contributed by atoms with Crippen LogP contribution in [0.4, 0.5) is 29.3 Å². The van der Waals surface area contributed by atoms with Gasteiger partial charge in [0.1, 0.15) is 0 Å². The fourth-order valence-corrected chi connectivity index (χ4v) is 4.32. The van der Waals surface area contributed by atoms with Crippen molar-refractivity contribution < 1.29 is 27.9 Å². The number of nitrogens with zero attached hydrogens (tertiary/aromatic N) is 2. The van der Waals surface area contributed by atoms with Crippen molar-refractivity contribution in [1.29, 1.82) is 0 Å². The van der Waals surface area contributed by atoms with Crippen molar-refractivity contribution in [3.05, 3.63) is 59.7 Å². The molecule has 158 valence electrons. The zero-order valence-corrected chi connectivity index (χ0v) is 15.9. The molecule has 0 aliphatic carbocycles. The maximum Gasteiger partial charge on any atom is 0.418 e. The highest BCUT2D eigenvalue weighted by atomic mass is 19.4. The third kappa shape index (κ3) is 3.79. The average Bonchev–Trinajstić information content (AvgIpc) is 3.27. The fourth-order valence-electron chi connectivity index (χ4n) is 4.32. The van der Waals surface area contributed by atoms with E-state index in [0.29, 0.717) is 26.2 Å². The Labute approximate surface area is 170 Å². The molecule has 0 spiro atoms. The van der Waals surface area contributed by atoms with Gasteiger partial charge < -0.3 is 20.2 Å². The number of urea groups is 1. The number of alkyl halides is 3. The molecule has 2 saturated heterocycles. The van der Waals surface area contributed by atoms with Crippen molar-refractivity contribution in [3.8, 4) is 0 Å². The summed E-state index contributed by atoms with van der Waals surface area (Å²) >= 11 is 0. The number of carboxylic acid groups (broad SMARTS) is 1. The molecular weight excluding hydrogens is 399 g/mol. The van der Waals surface area contributed by atoms with Gasteiger partial charge in [-0.05, 0) is 24.3 Å². The number of anilines is 2. The van der Waals surface area contributed by atoms with E-state index in [1.807, 2.05) is 0 Å². The van der Waals surface area contributed by atoms with Gasteiger partial charge in [0.25, 0.3) is 0 Å². The molecule has 2 amide bonds. The molecule has 30 heavy (non-hydrogen) atoms. The maximum absolute atomic E-state index is 13.3. The molecular formula is C21H20F3N3O3. The molecule has 2 N–H and O–H groups in total. The number of nitrogens with one attached hydrogen (secondary N) is 1. The molecule has 4 rings (SSSR count). The molecule has 0 unspecified atom stereocenters. The number of fused-ring (bicyclic) bond motifs is 1. The lowest BCUT2D eigenvalue weighted by molar-refractivity contribution is -0.137. The molecule has 2 heterocycles. The van der Waals surface area contributed by atoms with Crippen LogP contribution < -0.4 is 10.2 Å². The van der Waals surface area contributed by atoms with E-state index >= 15 is 0 Å². The van der Waals surface area contributed by atoms with E-state index in [1.165, 1.54) is 24.3 Å². The average molecular weight is 419 g/mol. The number of rotatable bonds is 3. The largest absolute Gasteiger partial charge is 0.478 e. The predicted octanol–water partition coefficient (Wildman–Crippen LogP) is 4.00. The minimum absolute atomic E-state index is 0.000161. The predicted molar refractivity (Wildman–Crippen MR) is 105 cm³/mol. The standard InChI is InChI=1S/C21H20F3N3O3/c22-21(23,24)16-6-2-4-8-18(16)26-9-13-11-27(12-14(13)10-26)20(30)25-17-7-3-1-5-15(17)19(28)29/h1-8,13-14H,9-12H2,(H,25,30)(H,28,29)/t13-,14+. The Morgan fingerprint density at radius 3 is 2.17 bits per heavy atom. The van der Waals surface area contributed by atoms with Gasteiger partial charge in [-0.15, -0.1) is 0 Å². The first kappa shape index (κ1) is 20.1. The lowest BCUT2D eigenvalue weighted by Crippen LogP contribution is -2.36.